The van der Waals surface area contributed by atoms with E-state index < -0.39 is 0 Å². The SMILES string of the molecule is Oc1ccc(/C=N/n2c(-c3ccccc3)cs/c2=N\c2ccc(Cl)cc2)cc1. The summed E-state index contributed by atoms with van der Waals surface area (Å²) in [6.45, 7) is 0. The Labute approximate surface area is 171 Å². The second-order valence-corrected chi connectivity index (χ2v) is 7.28. The van der Waals surface area contributed by atoms with Crippen LogP contribution in [0.25, 0.3) is 11.3 Å². The summed E-state index contributed by atoms with van der Waals surface area (Å²) in [5, 5.41) is 16.8. The van der Waals surface area contributed by atoms with Gasteiger partial charge in [0.1, 0.15) is 5.75 Å². The maximum absolute atomic E-state index is 9.46. The Balaban J connectivity index is 1.81. The average Bonchev–Trinajstić information content (AvgIpc) is 3.12. The van der Waals surface area contributed by atoms with Crippen molar-refractivity contribution in [3.05, 3.63) is 99.6 Å². The molecule has 0 aliphatic rings. The minimum atomic E-state index is 0.226. The molecule has 28 heavy (non-hydrogen) atoms. The lowest BCUT2D eigenvalue weighted by molar-refractivity contribution is 0.475. The topological polar surface area (TPSA) is 49.9 Å². The lowest BCUT2D eigenvalue weighted by atomic mass is 10.2. The van der Waals surface area contributed by atoms with Crippen LogP contribution < -0.4 is 4.80 Å². The molecule has 4 nitrogen and oxygen atoms in total. The molecule has 0 aliphatic heterocycles. The van der Waals surface area contributed by atoms with E-state index in [1.807, 2.05) is 76.8 Å². The van der Waals surface area contributed by atoms with Crippen molar-refractivity contribution in [1.29, 1.82) is 0 Å². The first kappa shape index (κ1) is 18.2. The highest BCUT2D eigenvalue weighted by molar-refractivity contribution is 7.07. The third kappa shape index (κ3) is 4.22. The van der Waals surface area contributed by atoms with E-state index in [4.69, 9.17) is 16.6 Å². The number of nitrogens with zero attached hydrogens (tertiary/aromatic N) is 3. The Hall–Kier alpha value is -3.15. The molecular weight excluding hydrogens is 390 g/mol. The molecule has 0 bridgehead atoms. The van der Waals surface area contributed by atoms with Crippen LogP contribution in [-0.4, -0.2) is 16.0 Å². The predicted molar refractivity (Wildman–Crippen MR) is 116 cm³/mol. The fourth-order valence-electron chi connectivity index (χ4n) is 2.61. The smallest absolute Gasteiger partial charge is 0.211 e. The van der Waals surface area contributed by atoms with Crippen LogP contribution in [-0.2, 0) is 0 Å². The molecule has 0 unspecified atom stereocenters. The summed E-state index contributed by atoms with van der Waals surface area (Å²) >= 11 is 7.49. The van der Waals surface area contributed by atoms with Crippen LogP contribution in [0.2, 0.25) is 5.02 Å². The molecule has 0 atom stereocenters. The van der Waals surface area contributed by atoms with E-state index in [1.54, 1.807) is 18.3 Å². The van der Waals surface area contributed by atoms with Crippen LogP contribution in [0.5, 0.6) is 5.75 Å². The molecule has 0 spiro atoms. The average molecular weight is 406 g/mol. The van der Waals surface area contributed by atoms with E-state index in [2.05, 4.69) is 5.10 Å². The van der Waals surface area contributed by atoms with Gasteiger partial charge in [0.2, 0.25) is 4.80 Å². The summed E-state index contributed by atoms with van der Waals surface area (Å²) < 4.78 is 1.82. The van der Waals surface area contributed by atoms with Crippen LogP contribution in [0, 0.1) is 0 Å². The van der Waals surface area contributed by atoms with Gasteiger partial charge in [-0.05, 0) is 54.1 Å². The molecule has 0 fully saturated rings. The Morgan fingerprint density at radius 2 is 1.61 bits per heavy atom. The molecule has 0 saturated heterocycles. The number of rotatable bonds is 4. The molecule has 1 aromatic heterocycles. The van der Waals surface area contributed by atoms with E-state index in [9.17, 15) is 5.11 Å². The molecular formula is C22H16ClN3OS. The number of aromatic nitrogens is 1. The normalized spacial score (nSPS) is 12.0. The van der Waals surface area contributed by atoms with Crippen LogP contribution >= 0.6 is 22.9 Å². The van der Waals surface area contributed by atoms with E-state index in [1.165, 1.54) is 11.3 Å². The van der Waals surface area contributed by atoms with Gasteiger partial charge >= 0.3 is 0 Å². The highest BCUT2D eigenvalue weighted by Gasteiger charge is 2.07. The monoisotopic (exact) mass is 405 g/mol. The standard InChI is InChI=1S/C22H16ClN3OS/c23-18-8-10-19(11-9-18)25-22-26(24-14-16-6-12-20(27)13-7-16)21(15-28-22)17-4-2-1-3-5-17/h1-15,27H/b24-14+,25-22-. The summed E-state index contributed by atoms with van der Waals surface area (Å²) in [4.78, 5) is 5.47. The zero-order valence-electron chi connectivity index (χ0n) is 14.7. The van der Waals surface area contributed by atoms with Crippen LogP contribution in [0.3, 0.4) is 0 Å². The first-order valence-electron chi connectivity index (χ1n) is 8.59. The molecule has 1 N–H and O–H groups in total. The van der Waals surface area contributed by atoms with Crippen molar-refractivity contribution >= 4 is 34.8 Å². The minimum absolute atomic E-state index is 0.226. The van der Waals surface area contributed by atoms with E-state index in [0.717, 1.165) is 27.3 Å². The van der Waals surface area contributed by atoms with E-state index >= 15 is 0 Å². The summed E-state index contributed by atoms with van der Waals surface area (Å²) in [6, 6.07) is 24.3. The number of hydrogen-bond donors (Lipinski definition) is 1. The third-order valence-electron chi connectivity index (χ3n) is 4.02. The summed E-state index contributed by atoms with van der Waals surface area (Å²) in [7, 11) is 0. The van der Waals surface area contributed by atoms with Crippen molar-refractivity contribution < 1.29 is 5.11 Å². The molecule has 6 heteroatoms. The number of benzene rings is 3. The lowest BCUT2D eigenvalue weighted by Crippen LogP contribution is -2.11. The van der Waals surface area contributed by atoms with E-state index in [0.29, 0.717) is 5.02 Å². The van der Waals surface area contributed by atoms with Crippen molar-refractivity contribution in [2.24, 2.45) is 10.1 Å². The van der Waals surface area contributed by atoms with Gasteiger partial charge in [-0.3, -0.25) is 0 Å². The number of halogens is 1. The van der Waals surface area contributed by atoms with Gasteiger partial charge in [-0.25, -0.2) is 9.67 Å². The largest absolute Gasteiger partial charge is 0.508 e. The predicted octanol–water partition coefficient (Wildman–Crippen LogP) is 5.69. The van der Waals surface area contributed by atoms with Crippen molar-refractivity contribution in [2.45, 2.75) is 0 Å². The zero-order valence-corrected chi connectivity index (χ0v) is 16.3. The van der Waals surface area contributed by atoms with Gasteiger partial charge in [0.25, 0.3) is 0 Å². The van der Waals surface area contributed by atoms with Gasteiger partial charge in [0.05, 0.1) is 17.6 Å². The summed E-state index contributed by atoms with van der Waals surface area (Å²) in [5.41, 5.74) is 3.69. The highest BCUT2D eigenvalue weighted by Crippen LogP contribution is 2.21. The molecule has 0 radical (unpaired) electrons. The third-order valence-corrected chi connectivity index (χ3v) is 5.09. The fourth-order valence-corrected chi connectivity index (χ4v) is 3.59. The van der Waals surface area contributed by atoms with Gasteiger partial charge in [-0.15, -0.1) is 11.3 Å². The zero-order chi connectivity index (χ0) is 19.3. The molecule has 0 amide bonds. The number of hydrogen-bond acceptors (Lipinski definition) is 4. The van der Waals surface area contributed by atoms with Crippen LogP contribution in [0.15, 0.2) is 94.3 Å². The molecule has 4 rings (SSSR count). The summed E-state index contributed by atoms with van der Waals surface area (Å²) in [6.07, 6.45) is 1.75. The molecule has 3 aromatic carbocycles. The first-order chi connectivity index (χ1) is 13.7. The second-order valence-electron chi connectivity index (χ2n) is 6.01. The fraction of sp³-hybridized carbons (Fsp3) is 0. The van der Waals surface area contributed by atoms with Gasteiger partial charge in [0, 0.05) is 16.0 Å². The molecule has 1 heterocycles. The quantitative estimate of drug-likeness (QED) is 0.435. The number of aromatic hydroxyl groups is 1. The number of thiazole rings is 1. The highest BCUT2D eigenvalue weighted by atomic mass is 35.5. The number of phenolic OH excluding ortho intramolecular Hbond substituents is 1. The maximum atomic E-state index is 9.46. The molecule has 0 aliphatic carbocycles. The first-order valence-corrected chi connectivity index (χ1v) is 9.84. The Bertz CT molecular complexity index is 1160. The molecule has 0 saturated carbocycles. The van der Waals surface area contributed by atoms with E-state index in [-0.39, 0.29) is 5.75 Å². The Morgan fingerprint density at radius 1 is 0.893 bits per heavy atom. The lowest BCUT2D eigenvalue weighted by Gasteiger charge is -2.03. The van der Waals surface area contributed by atoms with Crippen LogP contribution in [0.1, 0.15) is 5.56 Å². The molecule has 4 aromatic rings. The van der Waals surface area contributed by atoms with Gasteiger partial charge in [-0.1, -0.05) is 41.9 Å². The molecule has 138 valence electrons. The maximum Gasteiger partial charge on any atom is 0.211 e. The minimum Gasteiger partial charge on any atom is -0.508 e. The second kappa shape index (κ2) is 8.25. The Kier molecular flexibility index (Phi) is 5.37. The summed E-state index contributed by atoms with van der Waals surface area (Å²) in [5.74, 6) is 0.226. The van der Waals surface area contributed by atoms with Crippen molar-refractivity contribution in [1.82, 2.24) is 4.68 Å². The number of phenols is 1. The van der Waals surface area contributed by atoms with Crippen molar-refractivity contribution in [3.63, 3.8) is 0 Å². The van der Waals surface area contributed by atoms with Gasteiger partial charge < -0.3 is 5.11 Å². The Morgan fingerprint density at radius 3 is 2.32 bits per heavy atom. The van der Waals surface area contributed by atoms with Crippen LogP contribution in [0.4, 0.5) is 5.69 Å². The van der Waals surface area contributed by atoms with Gasteiger partial charge in [0.15, 0.2) is 0 Å². The van der Waals surface area contributed by atoms with Gasteiger partial charge in [-0.2, -0.15) is 5.10 Å². The van der Waals surface area contributed by atoms with Crippen molar-refractivity contribution in [3.8, 4) is 17.0 Å². The van der Waals surface area contributed by atoms with Crippen molar-refractivity contribution in [2.75, 3.05) is 0 Å².